The molecule has 1 atom stereocenters. The minimum absolute atomic E-state index is 0.204. The van der Waals surface area contributed by atoms with Crippen molar-refractivity contribution >= 4 is 17.3 Å². The van der Waals surface area contributed by atoms with E-state index >= 15 is 0 Å². The number of hydrogen-bond donors (Lipinski definition) is 3. The maximum Gasteiger partial charge on any atom is 0.145 e. The Morgan fingerprint density at radius 3 is 2.47 bits per heavy atom. The van der Waals surface area contributed by atoms with Gasteiger partial charge in [0.25, 0.3) is 0 Å². The van der Waals surface area contributed by atoms with E-state index in [9.17, 15) is 5.11 Å². The largest absolute Gasteiger partial charge is 0.495 e. The molecule has 17 heavy (non-hydrogen) atoms. The molecular formula is C11H16ClNO4. The molecule has 0 aliphatic carbocycles. The van der Waals surface area contributed by atoms with Gasteiger partial charge in [0.05, 0.1) is 37.6 Å². The quantitative estimate of drug-likeness (QED) is 0.716. The van der Waals surface area contributed by atoms with Crippen molar-refractivity contribution in [1.29, 1.82) is 0 Å². The summed E-state index contributed by atoms with van der Waals surface area (Å²) in [6.07, 6.45) is -0.833. The molecule has 5 nitrogen and oxygen atoms in total. The molecule has 0 radical (unpaired) electrons. The Kier molecular flexibility index (Phi) is 5.34. The lowest BCUT2D eigenvalue weighted by Crippen LogP contribution is -2.23. The smallest absolute Gasteiger partial charge is 0.145 e. The van der Waals surface area contributed by atoms with Crippen LogP contribution >= 0.6 is 11.6 Å². The van der Waals surface area contributed by atoms with Gasteiger partial charge in [0.2, 0.25) is 0 Å². The summed E-state index contributed by atoms with van der Waals surface area (Å²) in [5.41, 5.74) is 0.630. The fourth-order valence-electron chi connectivity index (χ4n) is 1.29. The van der Waals surface area contributed by atoms with E-state index in [0.717, 1.165) is 0 Å². The number of aliphatic hydroxyl groups excluding tert-OH is 2. The number of rotatable bonds is 6. The molecule has 0 aliphatic rings. The van der Waals surface area contributed by atoms with Crippen molar-refractivity contribution in [1.82, 2.24) is 0 Å². The SMILES string of the molecule is COc1cc(OC)c(NCC(O)CO)cc1Cl. The van der Waals surface area contributed by atoms with Crippen LogP contribution in [-0.2, 0) is 0 Å². The lowest BCUT2D eigenvalue weighted by molar-refractivity contribution is 0.105. The van der Waals surface area contributed by atoms with Gasteiger partial charge in [-0.3, -0.25) is 0 Å². The first-order valence-corrected chi connectivity index (χ1v) is 5.44. The number of hydrogen-bond acceptors (Lipinski definition) is 5. The Balaban J connectivity index is 2.87. The Hall–Kier alpha value is -1.17. The predicted molar refractivity (Wildman–Crippen MR) is 66.1 cm³/mol. The predicted octanol–water partition coefficient (Wildman–Crippen LogP) is 1.12. The van der Waals surface area contributed by atoms with Crippen LogP contribution in [0, 0.1) is 0 Å². The highest BCUT2D eigenvalue weighted by Crippen LogP contribution is 2.35. The summed E-state index contributed by atoms with van der Waals surface area (Å²) >= 11 is 5.98. The highest BCUT2D eigenvalue weighted by atomic mass is 35.5. The van der Waals surface area contributed by atoms with Crippen molar-refractivity contribution in [2.24, 2.45) is 0 Å². The van der Waals surface area contributed by atoms with E-state index in [2.05, 4.69) is 5.32 Å². The molecule has 0 aromatic heterocycles. The molecule has 6 heteroatoms. The van der Waals surface area contributed by atoms with Crippen molar-refractivity contribution in [3.8, 4) is 11.5 Å². The molecule has 0 amide bonds. The third-order valence-corrected chi connectivity index (χ3v) is 2.51. The van der Waals surface area contributed by atoms with Gasteiger partial charge in [-0.2, -0.15) is 0 Å². The summed E-state index contributed by atoms with van der Waals surface area (Å²) in [7, 11) is 3.04. The first-order valence-electron chi connectivity index (χ1n) is 5.06. The summed E-state index contributed by atoms with van der Waals surface area (Å²) in [4.78, 5) is 0. The molecule has 0 bridgehead atoms. The number of ether oxygens (including phenoxy) is 2. The van der Waals surface area contributed by atoms with Gasteiger partial charge in [0, 0.05) is 12.6 Å². The summed E-state index contributed by atoms with van der Waals surface area (Å²) in [6.45, 7) is -0.102. The van der Waals surface area contributed by atoms with Crippen LogP contribution in [0.1, 0.15) is 0 Å². The van der Waals surface area contributed by atoms with E-state index in [0.29, 0.717) is 22.2 Å². The van der Waals surface area contributed by atoms with Gasteiger partial charge in [-0.1, -0.05) is 11.6 Å². The Morgan fingerprint density at radius 1 is 1.29 bits per heavy atom. The highest BCUT2D eigenvalue weighted by molar-refractivity contribution is 6.32. The molecule has 96 valence electrons. The molecule has 3 N–H and O–H groups in total. The number of nitrogens with one attached hydrogen (secondary N) is 1. The third kappa shape index (κ3) is 3.66. The van der Waals surface area contributed by atoms with E-state index < -0.39 is 6.10 Å². The number of benzene rings is 1. The number of anilines is 1. The van der Waals surface area contributed by atoms with Crippen molar-refractivity contribution in [3.63, 3.8) is 0 Å². The Bertz CT molecular complexity index is 373. The monoisotopic (exact) mass is 261 g/mol. The van der Waals surface area contributed by atoms with Gasteiger partial charge >= 0.3 is 0 Å². The van der Waals surface area contributed by atoms with Crippen LogP contribution in [0.2, 0.25) is 5.02 Å². The molecule has 0 saturated heterocycles. The van der Waals surface area contributed by atoms with Gasteiger partial charge in [-0.15, -0.1) is 0 Å². The minimum Gasteiger partial charge on any atom is -0.495 e. The second kappa shape index (κ2) is 6.54. The van der Waals surface area contributed by atoms with Crippen LogP contribution in [0.4, 0.5) is 5.69 Å². The maximum absolute atomic E-state index is 9.24. The average Bonchev–Trinajstić information content (AvgIpc) is 2.35. The normalized spacial score (nSPS) is 12.1. The fourth-order valence-corrected chi connectivity index (χ4v) is 1.53. The zero-order valence-corrected chi connectivity index (χ0v) is 10.5. The van der Waals surface area contributed by atoms with Gasteiger partial charge in [0.1, 0.15) is 11.5 Å². The minimum atomic E-state index is -0.833. The van der Waals surface area contributed by atoms with Crippen LogP contribution in [0.15, 0.2) is 12.1 Å². The van der Waals surface area contributed by atoms with Crippen LogP contribution in [0.5, 0.6) is 11.5 Å². The maximum atomic E-state index is 9.24. The van der Waals surface area contributed by atoms with Crippen molar-refractivity contribution in [2.75, 3.05) is 32.7 Å². The Labute approximate surface area is 105 Å². The van der Waals surface area contributed by atoms with E-state index in [1.807, 2.05) is 0 Å². The second-order valence-electron chi connectivity index (χ2n) is 3.40. The molecule has 0 heterocycles. The number of halogens is 1. The van der Waals surface area contributed by atoms with E-state index in [-0.39, 0.29) is 13.2 Å². The molecule has 0 saturated carbocycles. The van der Waals surface area contributed by atoms with Crippen LogP contribution in [0.25, 0.3) is 0 Å². The van der Waals surface area contributed by atoms with Crippen LogP contribution in [-0.4, -0.2) is 43.7 Å². The van der Waals surface area contributed by atoms with Crippen LogP contribution < -0.4 is 14.8 Å². The highest BCUT2D eigenvalue weighted by Gasteiger charge is 2.10. The third-order valence-electron chi connectivity index (χ3n) is 2.21. The second-order valence-corrected chi connectivity index (χ2v) is 3.81. The summed E-state index contributed by atoms with van der Waals surface area (Å²) in [6, 6.07) is 3.29. The average molecular weight is 262 g/mol. The van der Waals surface area contributed by atoms with E-state index in [1.165, 1.54) is 14.2 Å². The van der Waals surface area contributed by atoms with Gasteiger partial charge in [0.15, 0.2) is 0 Å². The van der Waals surface area contributed by atoms with Gasteiger partial charge in [-0.05, 0) is 6.07 Å². The molecule has 0 fully saturated rings. The summed E-state index contributed by atoms with van der Waals surface area (Å²) < 4.78 is 10.2. The van der Waals surface area contributed by atoms with Crippen molar-refractivity contribution < 1.29 is 19.7 Å². The van der Waals surface area contributed by atoms with Gasteiger partial charge < -0.3 is 25.0 Å². The zero-order valence-electron chi connectivity index (χ0n) is 9.74. The van der Waals surface area contributed by atoms with E-state index in [4.69, 9.17) is 26.2 Å². The lowest BCUT2D eigenvalue weighted by Gasteiger charge is -2.15. The van der Waals surface area contributed by atoms with Crippen molar-refractivity contribution in [3.05, 3.63) is 17.2 Å². The molecule has 1 unspecified atom stereocenters. The molecule has 1 rings (SSSR count). The molecule has 0 aliphatic heterocycles. The Morgan fingerprint density at radius 2 is 1.94 bits per heavy atom. The molecule has 1 aromatic carbocycles. The van der Waals surface area contributed by atoms with Gasteiger partial charge in [-0.25, -0.2) is 0 Å². The molecule has 1 aromatic rings. The fraction of sp³-hybridized carbons (Fsp3) is 0.455. The number of methoxy groups -OCH3 is 2. The zero-order chi connectivity index (χ0) is 12.8. The lowest BCUT2D eigenvalue weighted by atomic mass is 10.2. The first-order chi connectivity index (χ1) is 8.12. The molecule has 0 spiro atoms. The topological polar surface area (TPSA) is 71.0 Å². The molecular weight excluding hydrogens is 246 g/mol. The van der Waals surface area contributed by atoms with E-state index in [1.54, 1.807) is 12.1 Å². The summed E-state index contributed by atoms with van der Waals surface area (Å²) in [5, 5.41) is 21.3. The summed E-state index contributed by atoms with van der Waals surface area (Å²) in [5.74, 6) is 1.06. The number of aliphatic hydroxyl groups is 2. The van der Waals surface area contributed by atoms with Crippen LogP contribution in [0.3, 0.4) is 0 Å². The first kappa shape index (κ1) is 13.9. The van der Waals surface area contributed by atoms with Crippen molar-refractivity contribution in [2.45, 2.75) is 6.10 Å². The standard InChI is InChI=1S/C11H16ClNO4/c1-16-10-4-11(17-2)9(3-8(10)12)13-5-7(15)6-14/h3-4,7,13-15H,5-6H2,1-2H3.